The van der Waals surface area contributed by atoms with E-state index in [9.17, 15) is 0 Å². The topological polar surface area (TPSA) is 76.7 Å². The molecule has 0 aliphatic heterocycles. The highest BCUT2D eigenvalue weighted by atomic mass is 35.5. The van der Waals surface area contributed by atoms with Gasteiger partial charge in [0.05, 0.1) is 5.02 Å². The molecule has 7 heteroatoms. The Balaban J connectivity index is 2.20. The first kappa shape index (κ1) is 13.9. The first-order chi connectivity index (χ1) is 9.19. The molecule has 0 aliphatic rings. The zero-order valence-corrected chi connectivity index (χ0v) is 12.0. The summed E-state index contributed by atoms with van der Waals surface area (Å²) in [5, 5.41) is 5.18. The molecule has 0 spiro atoms. The molecule has 2 heterocycles. The van der Waals surface area contributed by atoms with E-state index >= 15 is 0 Å². The molecule has 2 rings (SSSR count). The predicted octanol–water partition coefficient (Wildman–Crippen LogP) is 3.08. The van der Waals surface area contributed by atoms with Crippen LogP contribution in [0.1, 0.15) is 13.3 Å². The van der Waals surface area contributed by atoms with Gasteiger partial charge in [0.2, 0.25) is 5.95 Å². The Morgan fingerprint density at radius 2 is 2.26 bits per heavy atom. The summed E-state index contributed by atoms with van der Waals surface area (Å²) in [4.78, 5) is 12.5. The summed E-state index contributed by atoms with van der Waals surface area (Å²) < 4.78 is 0. The van der Waals surface area contributed by atoms with Gasteiger partial charge in [0.25, 0.3) is 0 Å². The maximum Gasteiger partial charge on any atom is 0.223 e. The van der Waals surface area contributed by atoms with Crippen molar-refractivity contribution < 1.29 is 0 Å². The van der Waals surface area contributed by atoms with E-state index in [1.807, 2.05) is 6.07 Å². The third-order valence-electron chi connectivity index (χ3n) is 2.20. The Morgan fingerprint density at radius 1 is 1.42 bits per heavy atom. The van der Waals surface area contributed by atoms with Crippen molar-refractivity contribution in [1.29, 1.82) is 0 Å². The number of rotatable bonds is 5. The molecule has 19 heavy (non-hydrogen) atoms. The van der Waals surface area contributed by atoms with Gasteiger partial charge in [-0.3, -0.25) is 0 Å². The lowest BCUT2D eigenvalue weighted by molar-refractivity contribution is 0.956. The predicted molar refractivity (Wildman–Crippen MR) is 78.6 cm³/mol. The van der Waals surface area contributed by atoms with Crippen LogP contribution in [0.15, 0.2) is 34.4 Å². The van der Waals surface area contributed by atoms with Gasteiger partial charge < -0.3 is 11.1 Å². The van der Waals surface area contributed by atoms with E-state index in [-0.39, 0.29) is 5.95 Å². The number of nitrogens with zero attached hydrogens (tertiary/aromatic N) is 3. The molecule has 0 saturated carbocycles. The molecule has 0 atom stereocenters. The molecular formula is C12H14ClN5S. The number of nitrogens with one attached hydrogen (secondary N) is 1. The van der Waals surface area contributed by atoms with Gasteiger partial charge in [0, 0.05) is 18.8 Å². The lowest BCUT2D eigenvalue weighted by Crippen LogP contribution is -2.05. The monoisotopic (exact) mass is 295 g/mol. The SMILES string of the molecule is CCCNc1cc(Sc2ncccc2Cl)nc(N)n1. The van der Waals surface area contributed by atoms with Crippen LogP contribution in [0.4, 0.5) is 11.8 Å². The van der Waals surface area contributed by atoms with E-state index in [0.29, 0.717) is 20.9 Å². The quantitative estimate of drug-likeness (QED) is 0.826. The first-order valence-electron chi connectivity index (χ1n) is 5.86. The van der Waals surface area contributed by atoms with Gasteiger partial charge in [0.15, 0.2) is 0 Å². The van der Waals surface area contributed by atoms with Crippen LogP contribution in [-0.4, -0.2) is 21.5 Å². The van der Waals surface area contributed by atoms with E-state index in [0.717, 1.165) is 13.0 Å². The van der Waals surface area contributed by atoms with E-state index in [1.54, 1.807) is 18.3 Å². The fourth-order valence-corrected chi connectivity index (χ4v) is 2.41. The summed E-state index contributed by atoms with van der Waals surface area (Å²) in [6.07, 6.45) is 2.70. The molecule has 100 valence electrons. The van der Waals surface area contributed by atoms with E-state index in [4.69, 9.17) is 17.3 Å². The molecule has 3 N–H and O–H groups in total. The molecule has 2 aromatic heterocycles. The highest BCUT2D eigenvalue weighted by Crippen LogP contribution is 2.31. The molecule has 0 saturated heterocycles. The summed E-state index contributed by atoms with van der Waals surface area (Å²) >= 11 is 7.43. The van der Waals surface area contributed by atoms with E-state index in [2.05, 4.69) is 27.2 Å². The third kappa shape index (κ3) is 3.97. The largest absolute Gasteiger partial charge is 0.370 e. The Bertz CT molecular complexity index is 564. The smallest absolute Gasteiger partial charge is 0.223 e. The number of hydrogen-bond acceptors (Lipinski definition) is 6. The van der Waals surface area contributed by atoms with Gasteiger partial charge in [0.1, 0.15) is 15.9 Å². The van der Waals surface area contributed by atoms with Gasteiger partial charge in [-0.2, -0.15) is 4.98 Å². The Morgan fingerprint density at radius 3 is 3.00 bits per heavy atom. The fourth-order valence-electron chi connectivity index (χ4n) is 1.38. The number of pyridine rings is 1. The molecule has 2 aromatic rings. The molecule has 0 fully saturated rings. The van der Waals surface area contributed by atoms with Crippen LogP contribution in [0.25, 0.3) is 0 Å². The Kier molecular flexibility index (Phi) is 4.81. The van der Waals surface area contributed by atoms with Crippen molar-refractivity contribution >= 4 is 35.1 Å². The lowest BCUT2D eigenvalue weighted by atomic mass is 10.4. The van der Waals surface area contributed by atoms with Crippen molar-refractivity contribution in [2.24, 2.45) is 0 Å². The molecular weight excluding hydrogens is 282 g/mol. The first-order valence-corrected chi connectivity index (χ1v) is 7.05. The second kappa shape index (κ2) is 6.58. The van der Waals surface area contributed by atoms with Crippen LogP contribution in [-0.2, 0) is 0 Å². The summed E-state index contributed by atoms with van der Waals surface area (Å²) in [5.74, 6) is 0.944. The van der Waals surface area contributed by atoms with Crippen molar-refractivity contribution in [2.45, 2.75) is 23.4 Å². The number of aromatic nitrogens is 3. The standard InChI is InChI=1S/C12H14ClN5S/c1-2-5-15-9-7-10(18-12(14)17-9)19-11-8(13)4-3-6-16-11/h3-4,6-7H,2,5H2,1H3,(H3,14,15,17,18). The summed E-state index contributed by atoms with van der Waals surface area (Å²) in [5.41, 5.74) is 5.69. The summed E-state index contributed by atoms with van der Waals surface area (Å²) in [6.45, 7) is 2.92. The van der Waals surface area contributed by atoms with Crippen molar-refractivity contribution in [3.8, 4) is 0 Å². The van der Waals surface area contributed by atoms with Crippen LogP contribution in [0.3, 0.4) is 0 Å². The van der Waals surface area contributed by atoms with E-state index < -0.39 is 0 Å². The number of anilines is 2. The number of halogens is 1. The third-order valence-corrected chi connectivity index (χ3v) is 3.56. The summed E-state index contributed by atoms with van der Waals surface area (Å²) in [6, 6.07) is 5.41. The van der Waals surface area contributed by atoms with E-state index in [1.165, 1.54) is 11.8 Å². The van der Waals surface area contributed by atoms with Crippen LogP contribution in [0.5, 0.6) is 0 Å². The van der Waals surface area contributed by atoms with Crippen LogP contribution in [0.2, 0.25) is 5.02 Å². The fraction of sp³-hybridized carbons (Fsp3) is 0.250. The van der Waals surface area contributed by atoms with Gasteiger partial charge in [-0.1, -0.05) is 18.5 Å². The second-order valence-corrected chi connectivity index (χ2v) is 5.19. The van der Waals surface area contributed by atoms with Crippen molar-refractivity contribution in [1.82, 2.24) is 15.0 Å². The minimum atomic E-state index is 0.232. The van der Waals surface area contributed by atoms with Gasteiger partial charge in [-0.05, 0) is 30.3 Å². The normalized spacial score (nSPS) is 10.4. The van der Waals surface area contributed by atoms with Gasteiger partial charge >= 0.3 is 0 Å². The average Bonchev–Trinajstić information content (AvgIpc) is 2.38. The molecule has 5 nitrogen and oxygen atoms in total. The molecule has 0 bridgehead atoms. The maximum absolute atomic E-state index is 6.06. The second-order valence-electron chi connectivity index (χ2n) is 3.77. The van der Waals surface area contributed by atoms with Gasteiger partial charge in [-0.15, -0.1) is 0 Å². The van der Waals surface area contributed by atoms with Crippen molar-refractivity contribution in [3.63, 3.8) is 0 Å². The Labute approximate surface area is 121 Å². The van der Waals surface area contributed by atoms with Crippen LogP contribution in [0, 0.1) is 0 Å². The average molecular weight is 296 g/mol. The number of nitrogen functional groups attached to an aromatic ring is 1. The van der Waals surface area contributed by atoms with Crippen LogP contribution < -0.4 is 11.1 Å². The number of nitrogens with two attached hydrogens (primary N) is 1. The minimum absolute atomic E-state index is 0.232. The molecule has 0 radical (unpaired) electrons. The highest BCUT2D eigenvalue weighted by Gasteiger charge is 2.07. The molecule has 0 amide bonds. The molecule has 0 aromatic carbocycles. The van der Waals surface area contributed by atoms with Crippen molar-refractivity contribution in [3.05, 3.63) is 29.4 Å². The maximum atomic E-state index is 6.06. The molecule has 0 aliphatic carbocycles. The molecule has 0 unspecified atom stereocenters. The van der Waals surface area contributed by atoms with Gasteiger partial charge in [-0.25, -0.2) is 9.97 Å². The van der Waals surface area contributed by atoms with Crippen molar-refractivity contribution in [2.75, 3.05) is 17.6 Å². The zero-order chi connectivity index (χ0) is 13.7. The minimum Gasteiger partial charge on any atom is -0.370 e. The van der Waals surface area contributed by atoms with Crippen LogP contribution >= 0.6 is 23.4 Å². The zero-order valence-electron chi connectivity index (χ0n) is 10.4. The summed E-state index contributed by atoms with van der Waals surface area (Å²) in [7, 11) is 0. The number of hydrogen-bond donors (Lipinski definition) is 2. The Hall–Kier alpha value is -1.53. The lowest BCUT2D eigenvalue weighted by Gasteiger charge is -2.07. The highest BCUT2D eigenvalue weighted by molar-refractivity contribution is 7.99.